The molecule has 1 fully saturated rings. The van der Waals surface area contributed by atoms with E-state index in [-0.39, 0.29) is 5.60 Å². The van der Waals surface area contributed by atoms with Crippen molar-refractivity contribution in [2.24, 2.45) is 5.92 Å². The van der Waals surface area contributed by atoms with Gasteiger partial charge in [-0.3, -0.25) is 0 Å². The van der Waals surface area contributed by atoms with Crippen LogP contribution in [0.2, 0.25) is 5.02 Å². The molecule has 2 aliphatic rings. The Morgan fingerprint density at radius 2 is 2.20 bits per heavy atom. The fraction of sp³-hybridized carbons (Fsp3) is 0.647. The minimum atomic E-state index is 0.0499. The van der Waals surface area contributed by atoms with Crippen molar-refractivity contribution in [3.05, 3.63) is 28.8 Å². The van der Waals surface area contributed by atoms with Crippen molar-refractivity contribution < 1.29 is 4.74 Å². The summed E-state index contributed by atoms with van der Waals surface area (Å²) >= 11 is 6.16. The third-order valence-electron chi connectivity index (χ3n) is 4.95. The highest BCUT2D eigenvalue weighted by molar-refractivity contribution is 6.30. The average molecular weight is 294 g/mol. The Bertz CT molecular complexity index is 490. The highest BCUT2D eigenvalue weighted by Crippen LogP contribution is 2.49. The quantitative estimate of drug-likeness (QED) is 0.870. The maximum Gasteiger partial charge on any atom is 0.125 e. The normalized spacial score (nSPS) is 32.1. The lowest BCUT2D eigenvalue weighted by Crippen LogP contribution is -2.42. The first-order valence-corrected chi connectivity index (χ1v) is 8.25. The van der Waals surface area contributed by atoms with E-state index < -0.39 is 0 Å². The van der Waals surface area contributed by atoms with Gasteiger partial charge in [-0.25, -0.2) is 0 Å². The summed E-state index contributed by atoms with van der Waals surface area (Å²) in [6.07, 6.45) is 6.04. The zero-order valence-electron chi connectivity index (χ0n) is 12.4. The van der Waals surface area contributed by atoms with Gasteiger partial charge < -0.3 is 10.1 Å². The molecule has 0 bridgehead atoms. The van der Waals surface area contributed by atoms with Gasteiger partial charge in [-0.2, -0.15) is 0 Å². The summed E-state index contributed by atoms with van der Waals surface area (Å²) in [7, 11) is 0. The van der Waals surface area contributed by atoms with Crippen molar-refractivity contribution in [2.75, 3.05) is 6.54 Å². The lowest BCUT2D eigenvalue weighted by molar-refractivity contribution is 0.0330. The van der Waals surface area contributed by atoms with Crippen LogP contribution in [0.4, 0.5) is 0 Å². The minimum Gasteiger partial charge on any atom is -0.487 e. The molecule has 0 aromatic heterocycles. The molecular formula is C17H24ClNO. The van der Waals surface area contributed by atoms with Crippen molar-refractivity contribution in [3.8, 4) is 5.75 Å². The molecule has 2 nitrogen and oxygen atoms in total. The average Bonchev–Trinajstić information content (AvgIpc) is 2.83. The number of fused-ring (bicyclic) bond motifs is 1. The van der Waals surface area contributed by atoms with E-state index in [4.69, 9.17) is 16.3 Å². The van der Waals surface area contributed by atoms with Crippen LogP contribution < -0.4 is 10.1 Å². The predicted molar refractivity (Wildman–Crippen MR) is 83.5 cm³/mol. The van der Waals surface area contributed by atoms with Gasteiger partial charge in [0.2, 0.25) is 0 Å². The van der Waals surface area contributed by atoms with Crippen LogP contribution in [0.3, 0.4) is 0 Å². The molecule has 1 spiro atoms. The van der Waals surface area contributed by atoms with E-state index >= 15 is 0 Å². The third-order valence-corrected chi connectivity index (χ3v) is 5.18. The first kappa shape index (κ1) is 14.2. The van der Waals surface area contributed by atoms with Gasteiger partial charge in [0, 0.05) is 23.0 Å². The molecule has 3 heteroatoms. The fourth-order valence-electron chi connectivity index (χ4n) is 3.89. The highest BCUT2D eigenvalue weighted by atomic mass is 35.5. The Labute approximate surface area is 126 Å². The van der Waals surface area contributed by atoms with Gasteiger partial charge in [0.05, 0.1) is 0 Å². The number of hydrogen-bond acceptors (Lipinski definition) is 2. The van der Waals surface area contributed by atoms with E-state index in [2.05, 4.69) is 25.2 Å². The van der Waals surface area contributed by atoms with E-state index in [0.29, 0.717) is 6.04 Å². The molecule has 3 unspecified atom stereocenters. The van der Waals surface area contributed by atoms with Gasteiger partial charge in [-0.05, 0) is 49.9 Å². The van der Waals surface area contributed by atoms with E-state index in [0.717, 1.165) is 29.7 Å². The SMILES string of the molecule is CCNC1CC2(CCC(CC)C2)Oc2ccc(Cl)cc21. The first-order valence-electron chi connectivity index (χ1n) is 7.87. The minimum absolute atomic E-state index is 0.0499. The van der Waals surface area contributed by atoms with Crippen LogP contribution in [0.5, 0.6) is 5.75 Å². The molecule has 20 heavy (non-hydrogen) atoms. The van der Waals surface area contributed by atoms with Crippen LogP contribution in [0.25, 0.3) is 0 Å². The summed E-state index contributed by atoms with van der Waals surface area (Å²) in [5.41, 5.74) is 1.28. The molecule has 1 heterocycles. The Balaban J connectivity index is 1.91. The number of hydrogen-bond donors (Lipinski definition) is 1. The van der Waals surface area contributed by atoms with Crippen molar-refractivity contribution in [2.45, 2.75) is 57.6 Å². The van der Waals surface area contributed by atoms with Crippen LogP contribution in [-0.2, 0) is 0 Å². The number of halogens is 1. The Morgan fingerprint density at radius 1 is 1.35 bits per heavy atom. The zero-order chi connectivity index (χ0) is 14.2. The number of rotatable bonds is 3. The largest absolute Gasteiger partial charge is 0.487 e. The molecule has 1 aliphatic heterocycles. The summed E-state index contributed by atoms with van der Waals surface area (Å²) in [4.78, 5) is 0. The predicted octanol–water partition coefficient (Wildman–Crippen LogP) is 4.72. The maximum absolute atomic E-state index is 6.45. The van der Waals surface area contributed by atoms with Gasteiger partial charge in [-0.15, -0.1) is 0 Å². The Hall–Kier alpha value is -0.730. The summed E-state index contributed by atoms with van der Waals surface area (Å²) in [6, 6.07) is 6.42. The van der Waals surface area contributed by atoms with Crippen molar-refractivity contribution in [1.82, 2.24) is 5.32 Å². The van der Waals surface area contributed by atoms with Gasteiger partial charge in [0.25, 0.3) is 0 Å². The first-order chi connectivity index (χ1) is 9.65. The summed E-state index contributed by atoms with van der Waals surface area (Å²) in [5.74, 6) is 1.86. The topological polar surface area (TPSA) is 21.3 Å². The second kappa shape index (κ2) is 5.57. The van der Waals surface area contributed by atoms with Crippen molar-refractivity contribution in [3.63, 3.8) is 0 Å². The molecule has 1 saturated carbocycles. The smallest absolute Gasteiger partial charge is 0.125 e. The van der Waals surface area contributed by atoms with Crippen molar-refractivity contribution >= 4 is 11.6 Å². The fourth-order valence-corrected chi connectivity index (χ4v) is 4.07. The molecule has 1 aliphatic carbocycles. The number of nitrogens with one attached hydrogen (secondary N) is 1. The Kier molecular flexibility index (Phi) is 3.96. The van der Waals surface area contributed by atoms with Crippen LogP contribution in [0.1, 0.15) is 57.6 Å². The van der Waals surface area contributed by atoms with Crippen LogP contribution in [0, 0.1) is 5.92 Å². The molecule has 1 N–H and O–H groups in total. The monoisotopic (exact) mass is 293 g/mol. The second-order valence-electron chi connectivity index (χ2n) is 6.30. The molecule has 0 amide bonds. The van der Waals surface area contributed by atoms with Crippen molar-refractivity contribution in [1.29, 1.82) is 0 Å². The molecular weight excluding hydrogens is 270 g/mol. The van der Waals surface area contributed by atoms with E-state index in [1.807, 2.05) is 12.1 Å². The van der Waals surface area contributed by atoms with Crippen LogP contribution >= 0.6 is 11.6 Å². The summed E-state index contributed by atoms with van der Waals surface area (Å²) in [5, 5.41) is 4.41. The molecule has 110 valence electrons. The van der Waals surface area contributed by atoms with Gasteiger partial charge in [0.1, 0.15) is 11.4 Å². The molecule has 1 aromatic rings. The second-order valence-corrected chi connectivity index (χ2v) is 6.74. The summed E-state index contributed by atoms with van der Waals surface area (Å²) in [6.45, 7) is 5.43. The zero-order valence-corrected chi connectivity index (χ0v) is 13.2. The number of ether oxygens (including phenoxy) is 1. The molecule has 1 aromatic carbocycles. The van der Waals surface area contributed by atoms with E-state index in [9.17, 15) is 0 Å². The van der Waals surface area contributed by atoms with Crippen LogP contribution in [-0.4, -0.2) is 12.1 Å². The molecule has 0 radical (unpaired) electrons. The Morgan fingerprint density at radius 3 is 2.90 bits per heavy atom. The van der Waals surface area contributed by atoms with E-state index in [1.165, 1.54) is 31.2 Å². The van der Waals surface area contributed by atoms with Gasteiger partial charge in [0.15, 0.2) is 0 Å². The third kappa shape index (κ3) is 2.56. The molecule has 0 saturated heterocycles. The lowest BCUT2D eigenvalue weighted by atomic mass is 9.85. The molecule has 3 rings (SSSR count). The standard InChI is InChI=1S/C17H24ClNO/c1-3-12-7-8-17(10-12)11-15(19-4-2)14-9-13(18)5-6-16(14)20-17/h5-6,9,12,15,19H,3-4,7-8,10-11H2,1-2H3. The lowest BCUT2D eigenvalue weighted by Gasteiger charge is -2.40. The van der Waals surface area contributed by atoms with Gasteiger partial charge in [-0.1, -0.05) is 31.9 Å². The van der Waals surface area contributed by atoms with Gasteiger partial charge >= 0.3 is 0 Å². The number of benzene rings is 1. The molecule has 3 atom stereocenters. The maximum atomic E-state index is 6.45. The highest BCUT2D eigenvalue weighted by Gasteiger charge is 2.45. The summed E-state index contributed by atoms with van der Waals surface area (Å²) < 4.78 is 6.45. The van der Waals surface area contributed by atoms with Crippen LogP contribution in [0.15, 0.2) is 18.2 Å². The van der Waals surface area contributed by atoms with E-state index in [1.54, 1.807) is 0 Å².